The molecule has 0 radical (unpaired) electrons. The molecule has 2 bridgehead atoms. The van der Waals surface area contributed by atoms with Crippen molar-refractivity contribution >= 4 is 5.97 Å². The summed E-state index contributed by atoms with van der Waals surface area (Å²) in [6.45, 7) is 1.62. The molecule has 0 amide bonds. The fraction of sp³-hybridized carbons (Fsp3) is 0.545. The molecular formula is C11H13O2-. The summed E-state index contributed by atoms with van der Waals surface area (Å²) in [6, 6.07) is 0. The van der Waals surface area contributed by atoms with Crippen molar-refractivity contribution in [3.8, 4) is 0 Å². The summed E-state index contributed by atoms with van der Waals surface area (Å²) in [5.41, 5.74) is 0.381. The van der Waals surface area contributed by atoms with Gasteiger partial charge in [-0.25, -0.2) is 0 Å². The molecule has 0 aromatic rings. The quantitative estimate of drug-likeness (QED) is 0.464. The topological polar surface area (TPSA) is 40.1 Å². The van der Waals surface area contributed by atoms with Gasteiger partial charge in [0.25, 0.3) is 0 Å². The molecule has 0 aliphatic heterocycles. The summed E-state index contributed by atoms with van der Waals surface area (Å²) in [7, 11) is 0. The van der Waals surface area contributed by atoms with E-state index < -0.39 is 5.97 Å². The van der Waals surface area contributed by atoms with Crippen molar-refractivity contribution in [3.05, 3.63) is 23.8 Å². The van der Waals surface area contributed by atoms with E-state index in [9.17, 15) is 9.90 Å². The second-order valence-corrected chi connectivity index (χ2v) is 4.08. The average molecular weight is 177 g/mol. The lowest BCUT2D eigenvalue weighted by Gasteiger charge is -2.15. The number of fused-ring (bicyclic) bond motifs is 2. The summed E-state index contributed by atoms with van der Waals surface area (Å²) in [4.78, 5) is 10.5. The predicted molar refractivity (Wildman–Crippen MR) is 47.6 cm³/mol. The summed E-state index contributed by atoms with van der Waals surface area (Å²) in [6.07, 6.45) is 8.66. The van der Waals surface area contributed by atoms with Crippen LogP contribution in [0.2, 0.25) is 0 Å². The number of carbonyl (C=O) groups is 1. The maximum atomic E-state index is 10.5. The molecule has 13 heavy (non-hydrogen) atoms. The van der Waals surface area contributed by atoms with Crippen LogP contribution in [-0.4, -0.2) is 5.97 Å². The third kappa shape index (κ3) is 1.53. The van der Waals surface area contributed by atoms with Crippen LogP contribution < -0.4 is 5.11 Å². The van der Waals surface area contributed by atoms with Gasteiger partial charge in [0.15, 0.2) is 0 Å². The Balaban J connectivity index is 2.08. The molecule has 1 fully saturated rings. The first-order chi connectivity index (χ1) is 6.16. The first kappa shape index (κ1) is 8.54. The maximum Gasteiger partial charge on any atom is 0.0668 e. The van der Waals surface area contributed by atoms with E-state index in [0.29, 0.717) is 23.3 Å². The fourth-order valence-corrected chi connectivity index (χ4v) is 2.40. The summed E-state index contributed by atoms with van der Waals surface area (Å²) in [5, 5.41) is 10.5. The number of hydrogen-bond donors (Lipinski definition) is 0. The van der Waals surface area contributed by atoms with E-state index in [-0.39, 0.29) is 0 Å². The number of carboxylic acid groups (broad SMARTS) is 1. The van der Waals surface area contributed by atoms with Gasteiger partial charge in [0.1, 0.15) is 0 Å². The minimum absolute atomic E-state index is 0.381. The highest BCUT2D eigenvalue weighted by Gasteiger charge is 2.34. The molecule has 0 aromatic carbocycles. The van der Waals surface area contributed by atoms with Crippen LogP contribution in [0.1, 0.15) is 19.8 Å². The van der Waals surface area contributed by atoms with Crippen LogP contribution in [0, 0.1) is 17.8 Å². The molecule has 70 valence electrons. The Hall–Kier alpha value is -1.05. The van der Waals surface area contributed by atoms with Gasteiger partial charge in [0.05, 0.1) is 5.97 Å². The van der Waals surface area contributed by atoms with Crippen molar-refractivity contribution in [2.75, 3.05) is 0 Å². The summed E-state index contributed by atoms with van der Waals surface area (Å²) in [5.74, 6) is 0.680. The van der Waals surface area contributed by atoms with Crippen molar-refractivity contribution < 1.29 is 9.90 Å². The predicted octanol–water partition coefficient (Wildman–Crippen LogP) is 0.895. The molecule has 2 rings (SSSR count). The molecule has 2 aliphatic carbocycles. The highest BCUT2D eigenvalue weighted by molar-refractivity contribution is 5.83. The Morgan fingerprint density at radius 3 is 2.69 bits per heavy atom. The van der Waals surface area contributed by atoms with Gasteiger partial charge in [-0.2, -0.15) is 0 Å². The molecule has 2 nitrogen and oxygen atoms in total. The van der Waals surface area contributed by atoms with E-state index >= 15 is 0 Å². The SMILES string of the molecule is C/C(=C\C1CC2C=CC1C2)C(=O)[O-]. The molecule has 0 spiro atoms. The lowest BCUT2D eigenvalue weighted by atomic mass is 9.92. The second-order valence-electron chi connectivity index (χ2n) is 4.08. The molecule has 0 heterocycles. The van der Waals surface area contributed by atoms with E-state index in [4.69, 9.17) is 0 Å². The van der Waals surface area contributed by atoms with Crippen LogP contribution in [0.4, 0.5) is 0 Å². The minimum atomic E-state index is -1.04. The van der Waals surface area contributed by atoms with Crippen LogP contribution in [0.15, 0.2) is 23.8 Å². The minimum Gasteiger partial charge on any atom is -0.545 e. The van der Waals surface area contributed by atoms with Crippen LogP contribution >= 0.6 is 0 Å². The van der Waals surface area contributed by atoms with Crippen molar-refractivity contribution in [1.82, 2.24) is 0 Å². The Labute approximate surface area is 78.0 Å². The third-order valence-electron chi connectivity index (χ3n) is 3.12. The van der Waals surface area contributed by atoms with Crippen molar-refractivity contribution in [3.63, 3.8) is 0 Å². The van der Waals surface area contributed by atoms with Crippen LogP contribution in [0.25, 0.3) is 0 Å². The van der Waals surface area contributed by atoms with Gasteiger partial charge in [-0.3, -0.25) is 0 Å². The largest absolute Gasteiger partial charge is 0.545 e. The van der Waals surface area contributed by atoms with E-state index in [1.807, 2.05) is 6.08 Å². The Bertz CT molecular complexity index is 288. The molecule has 3 unspecified atom stereocenters. The molecule has 2 heteroatoms. The van der Waals surface area contributed by atoms with E-state index in [1.54, 1.807) is 6.92 Å². The van der Waals surface area contributed by atoms with Crippen molar-refractivity contribution in [2.24, 2.45) is 17.8 Å². The van der Waals surface area contributed by atoms with Crippen LogP contribution in [0.5, 0.6) is 0 Å². The van der Waals surface area contributed by atoms with E-state index in [1.165, 1.54) is 6.42 Å². The Kier molecular flexibility index (Phi) is 1.98. The van der Waals surface area contributed by atoms with Gasteiger partial charge >= 0.3 is 0 Å². The van der Waals surface area contributed by atoms with Gasteiger partial charge in [0.2, 0.25) is 0 Å². The average Bonchev–Trinajstić information content (AvgIpc) is 2.64. The number of carboxylic acids is 1. The Morgan fingerprint density at radius 1 is 1.46 bits per heavy atom. The van der Waals surface area contributed by atoms with Crippen LogP contribution in [0.3, 0.4) is 0 Å². The highest BCUT2D eigenvalue weighted by Crippen LogP contribution is 2.44. The second kappa shape index (κ2) is 3.02. The summed E-state index contributed by atoms with van der Waals surface area (Å²) < 4.78 is 0. The zero-order valence-corrected chi connectivity index (χ0v) is 7.69. The maximum absolute atomic E-state index is 10.5. The van der Waals surface area contributed by atoms with Gasteiger partial charge < -0.3 is 9.90 Å². The zero-order valence-electron chi connectivity index (χ0n) is 7.69. The molecule has 0 saturated heterocycles. The van der Waals surface area contributed by atoms with E-state index in [0.717, 1.165) is 6.42 Å². The number of allylic oxidation sites excluding steroid dienone is 3. The van der Waals surface area contributed by atoms with Gasteiger partial charge in [-0.15, -0.1) is 0 Å². The van der Waals surface area contributed by atoms with Gasteiger partial charge in [-0.05, 0) is 43.1 Å². The first-order valence-electron chi connectivity index (χ1n) is 4.75. The first-order valence-corrected chi connectivity index (χ1v) is 4.75. The lowest BCUT2D eigenvalue weighted by molar-refractivity contribution is -0.299. The molecule has 0 aromatic heterocycles. The smallest absolute Gasteiger partial charge is 0.0668 e. The molecule has 2 aliphatic rings. The van der Waals surface area contributed by atoms with Crippen LogP contribution in [-0.2, 0) is 4.79 Å². The van der Waals surface area contributed by atoms with Crippen molar-refractivity contribution in [1.29, 1.82) is 0 Å². The highest BCUT2D eigenvalue weighted by atomic mass is 16.4. The zero-order chi connectivity index (χ0) is 9.42. The van der Waals surface area contributed by atoms with Gasteiger partial charge in [0, 0.05) is 0 Å². The van der Waals surface area contributed by atoms with Crippen molar-refractivity contribution in [2.45, 2.75) is 19.8 Å². The number of aliphatic carboxylic acids is 1. The number of hydrogen-bond acceptors (Lipinski definition) is 2. The standard InChI is InChI=1S/C11H14O2/c1-7(11(12)13)4-10-6-8-2-3-9(10)5-8/h2-4,8-10H,5-6H2,1H3,(H,12,13)/p-1/b7-4+. The molecule has 1 saturated carbocycles. The lowest BCUT2D eigenvalue weighted by Crippen LogP contribution is -2.23. The number of rotatable bonds is 2. The molecule has 0 N–H and O–H groups in total. The Morgan fingerprint density at radius 2 is 2.23 bits per heavy atom. The van der Waals surface area contributed by atoms with E-state index in [2.05, 4.69) is 12.2 Å². The van der Waals surface area contributed by atoms with Gasteiger partial charge in [-0.1, -0.05) is 18.2 Å². The normalized spacial score (nSPS) is 37.0. The molecular weight excluding hydrogens is 164 g/mol. The summed E-state index contributed by atoms with van der Waals surface area (Å²) >= 11 is 0. The molecule has 3 atom stereocenters. The fourth-order valence-electron chi connectivity index (χ4n) is 2.40. The number of carbonyl (C=O) groups excluding carboxylic acids is 1. The monoisotopic (exact) mass is 177 g/mol. The third-order valence-corrected chi connectivity index (χ3v) is 3.12.